The molecule has 0 heterocycles. The van der Waals surface area contributed by atoms with Gasteiger partial charge in [0, 0.05) is 11.8 Å². The van der Waals surface area contributed by atoms with E-state index in [9.17, 15) is 4.79 Å². The van der Waals surface area contributed by atoms with E-state index in [1.165, 1.54) is 18.2 Å². The number of ketones is 1. The lowest BCUT2D eigenvalue weighted by molar-refractivity contribution is -0.125. The summed E-state index contributed by atoms with van der Waals surface area (Å²) in [5, 5.41) is 4.07. The summed E-state index contributed by atoms with van der Waals surface area (Å²) < 4.78 is 11.3. The highest BCUT2D eigenvalue weighted by atomic mass is 16.6. The molecule has 3 aliphatic carbocycles. The van der Waals surface area contributed by atoms with Gasteiger partial charge in [-0.25, -0.2) is 0 Å². The van der Waals surface area contributed by atoms with Crippen molar-refractivity contribution in [1.82, 2.24) is 0 Å². The molecule has 0 spiro atoms. The van der Waals surface area contributed by atoms with Gasteiger partial charge in [-0.05, 0) is 84.4 Å². The normalized spacial score (nSPS) is 29.8. The minimum atomic E-state index is -0.280. The van der Waals surface area contributed by atoms with E-state index in [0.717, 1.165) is 49.2 Å². The molecule has 0 amide bonds. The summed E-state index contributed by atoms with van der Waals surface area (Å²) in [5.41, 5.74) is 4.32. The molecule has 4 atom stereocenters. The number of hydrogen-bond acceptors (Lipinski definition) is 5. The van der Waals surface area contributed by atoms with Crippen LogP contribution in [0.2, 0.25) is 0 Å². The smallest absolute Gasteiger partial charge is 0.186 e. The summed E-state index contributed by atoms with van der Waals surface area (Å²) in [7, 11) is 3.20. The van der Waals surface area contributed by atoms with Crippen LogP contribution in [0.5, 0.6) is 11.5 Å². The van der Waals surface area contributed by atoms with E-state index < -0.39 is 0 Å². The van der Waals surface area contributed by atoms with E-state index in [4.69, 9.17) is 14.3 Å². The van der Waals surface area contributed by atoms with E-state index in [2.05, 4.69) is 30.3 Å². The molecule has 32 heavy (non-hydrogen) atoms. The summed E-state index contributed by atoms with van der Waals surface area (Å²) in [6.45, 7) is 2.69. The standard InChI is InChI=1S/C27H31NO4/c1-27-13-12-22-21-11-9-20(32-16-17-4-7-19(30-2)8-5-17)14-18(21)6-10-23(22)24(27)15-25(26(27)29)28-31-3/h4-5,7-9,11,14,22-24H,6,10,12-13,15-16H2,1-3H3/b28-25-/t22-,23-,24+,27+/m1/s1. The van der Waals surface area contributed by atoms with Crippen molar-refractivity contribution in [3.8, 4) is 11.5 Å². The van der Waals surface area contributed by atoms with Crippen molar-refractivity contribution in [2.45, 2.75) is 51.6 Å². The first-order valence-electron chi connectivity index (χ1n) is 11.6. The Kier molecular flexibility index (Phi) is 5.44. The fourth-order valence-electron chi connectivity index (χ4n) is 6.34. The average molecular weight is 434 g/mol. The van der Waals surface area contributed by atoms with Crippen molar-refractivity contribution >= 4 is 11.5 Å². The zero-order valence-corrected chi connectivity index (χ0v) is 19.1. The minimum Gasteiger partial charge on any atom is -0.497 e. The van der Waals surface area contributed by atoms with Gasteiger partial charge in [-0.15, -0.1) is 0 Å². The van der Waals surface area contributed by atoms with Crippen molar-refractivity contribution in [3.63, 3.8) is 0 Å². The molecule has 0 N–H and O–H groups in total. The van der Waals surface area contributed by atoms with Crippen LogP contribution in [0.4, 0.5) is 0 Å². The molecule has 0 aliphatic heterocycles. The Morgan fingerprint density at radius 1 is 1.06 bits per heavy atom. The number of methoxy groups -OCH3 is 1. The van der Waals surface area contributed by atoms with Crippen LogP contribution < -0.4 is 9.47 Å². The molecule has 0 bridgehead atoms. The highest BCUT2D eigenvalue weighted by molar-refractivity contribution is 6.43. The maximum atomic E-state index is 13.0. The van der Waals surface area contributed by atoms with Crippen LogP contribution in [0, 0.1) is 17.3 Å². The van der Waals surface area contributed by atoms with Crippen molar-refractivity contribution in [1.29, 1.82) is 0 Å². The van der Waals surface area contributed by atoms with Gasteiger partial charge in [0.25, 0.3) is 0 Å². The van der Waals surface area contributed by atoms with E-state index in [1.54, 1.807) is 7.11 Å². The molecule has 0 unspecified atom stereocenters. The summed E-state index contributed by atoms with van der Waals surface area (Å²) in [5.74, 6) is 3.38. The number of rotatable bonds is 5. The zero-order chi connectivity index (χ0) is 22.3. The number of aryl methyl sites for hydroxylation is 1. The lowest BCUT2D eigenvalue weighted by atomic mass is 9.55. The Morgan fingerprint density at radius 3 is 2.59 bits per heavy atom. The predicted octanol–water partition coefficient (Wildman–Crippen LogP) is 5.31. The zero-order valence-electron chi connectivity index (χ0n) is 19.1. The second kappa shape index (κ2) is 8.27. The third-order valence-electron chi connectivity index (χ3n) is 8.05. The quantitative estimate of drug-likeness (QED) is 0.600. The maximum absolute atomic E-state index is 13.0. The summed E-state index contributed by atoms with van der Waals surface area (Å²) in [4.78, 5) is 18.0. The van der Waals surface area contributed by atoms with E-state index in [-0.39, 0.29) is 11.2 Å². The number of ether oxygens (including phenoxy) is 2. The van der Waals surface area contributed by atoms with Crippen molar-refractivity contribution in [3.05, 3.63) is 59.2 Å². The second-order valence-electron chi connectivity index (χ2n) is 9.62. The number of Topliss-reactive ketones (excluding diaryl/α,β-unsaturated/α-hetero) is 1. The van der Waals surface area contributed by atoms with Crippen molar-refractivity contribution in [2.75, 3.05) is 14.2 Å². The van der Waals surface area contributed by atoms with Gasteiger partial charge in [0.2, 0.25) is 0 Å². The molecule has 0 radical (unpaired) electrons. The first-order valence-corrected chi connectivity index (χ1v) is 11.6. The van der Waals surface area contributed by atoms with Crippen LogP contribution in [0.3, 0.4) is 0 Å². The number of nitrogens with zero attached hydrogens (tertiary/aromatic N) is 1. The van der Waals surface area contributed by atoms with Crippen LogP contribution in [0.15, 0.2) is 47.6 Å². The molecule has 5 rings (SSSR count). The number of fused-ring (bicyclic) bond motifs is 5. The van der Waals surface area contributed by atoms with Crippen molar-refractivity contribution < 1.29 is 19.1 Å². The number of oxime groups is 1. The van der Waals surface area contributed by atoms with Gasteiger partial charge < -0.3 is 14.3 Å². The highest BCUT2D eigenvalue weighted by Gasteiger charge is 2.57. The van der Waals surface area contributed by atoms with Gasteiger partial charge in [0.05, 0.1) is 7.11 Å². The number of carbonyl (C=O) groups excluding carboxylic acids is 1. The van der Waals surface area contributed by atoms with E-state index in [0.29, 0.717) is 30.1 Å². The Labute approximate surface area is 189 Å². The largest absolute Gasteiger partial charge is 0.497 e. The van der Waals surface area contributed by atoms with Crippen LogP contribution in [-0.2, 0) is 22.7 Å². The molecule has 168 valence electrons. The first kappa shape index (κ1) is 21.0. The Bertz CT molecular complexity index is 1040. The topological polar surface area (TPSA) is 57.1 Å². The predicted molar refractivity (Wildman–Crippen MR) is 123 cm³/mol. The fraction of sp³-hybridized carbons (Fsp3) is 0.481. The molecule has 2 aromatic carbocycles. The van der Waals surface area contributed by atoms with Gasteiger partial charge in [-0.2, -0.15) is 0 Å². The van der Waals surface area contributed by atoms with Gasteiger partial charge in [0.15, 0.2) is 5.78 Å². The van der Waals surface area contributed by atoms with Gasteiger partial charge in [0.1, 0.15) is 30.9 Å². The number of hydrogen-bond donors (Lipinski definition) is 0. The minimum absolute atomic E-state index is 0.205. The highest BCUT2D eigenvalue weighted by Crippen LogP contribution is 2.59. The molecule has 2 fully saturated rings. The van der Waals surface area contributed by atoms with Gasteiger partial charge >= 0.3 is 0 Å². The molecular formula is C27H31NO4. The summed E-state index contributed by atoms with van der Waals surface area (Å²) in [6.07, 6.45) is 4.89. The molecular weight excluding hydrogens is 402 g/mol. The lowest BCUT2D eigenvalue weighted by Gasteiger charge is -2.47. The molecule has 5 nitrogen and oxygen atoms in total. The monoisotopic (exact) mass is 433 g/mol. The molecule has 0 aromatic heterocycles. The molecule has 2 aromatic rings. The fourth-order valence-corrected chi connectivity index (χ4v) is 6.34. The number of benzene rings is 2. The third kappa shape index (κ3) is 3.48. The number of carbonyl (C=O) groups is 1. The third-order valence-corrected chi connectivity index (χ3v) is 8.05. The average Bonchev–Trinajstić information content (AvgIpc) is 3.08. The Morgan fingerprint density at radius 2 is 1.84 bits per heavy atom. The van der Waals surface area contributed by atoms with Crippen LogP contribution in [-0.4, -0.2) is 25.7 Å². The first-order chi connectivity index (χ1) is 15.5. The molecule has 0 saturated heterocycles. The molecule has 2 saturated carbocycles. The molecule has 3 aliphatic rings. The SMILES string of the molecule is CO/N=C1/C[C@H]2[C@@H]3CCc4cc(OCc5ccc(OC)cc5)ccc4[C@H]3CC[C@]2(C)C1=O. The summed E-state index contributed by atoms with van der Waals surface area (Å²) >= 11 is 0. The summed E-state index contributed by atoms with van der Waals surface area (Å²) in [6, 6.07) is 14.6. The van der Waals surface area contributed by atoms with Crippen LogP contribution in [0.25, 0.3) is 0 Å². The Balaban J connectivity index is 1.32. The molecule has 5 heteroatoms. The van der Waals surface area contributed by atoms with Crippen molar-refractivity contribution in [2.24, 2.45) is 22.4 Å². The van der Waals surface area contributed by atoms with Gasteiger partial charge in [-0.3, -0.25) is 4.79 Å². The van der Waals surface area contributed by atoms with Crippen LogP contribution in [0.1, 0.15) is 55.2 Å². The van der Waals surface area contributed by atoms with Gasteiger partial charge in [-0.1, -0.05) is 30.3 Å². The second-order valence-corrected chi connectivity index (χ2v) is 9.62. The van der Waals surface area contributed by atoms with E-state index in [1.807, 2.05) is 24.3 Å². The van der Waals surface area contributed by atoms with E-state index >= 15 is 0 Å². The van der Waals surface area contributed by atoms with Crippen LogP contribution >= 0.6 is 0 Å². The Hall–Kier alpha value is -2.82. The lowest BCUT2D eigenvalue weighted by Crippen LogP contribution is -2.42. The maximum Gasteiger partial charge on any atom is 0.186 e.